The summed E-state index contributed by atoms with van der Waals surface area (Å²) in [7, 11) is 0. The van der Waals surface area contributed by atoms with Crippen molar-refractivity contribution in [1.82, 2.24) is 4.98 Å². The largest absolute Gasteiger partial charge is 0.478 e. The van der Waals surface area contributed by atoms with Gasteiger partial charge in [0.15, 0.2) is 0 Å². The molecule has 1 amide bonds. The van der Waals surface area contributed by atoms with Crippen LogP contribution in [0.15, 0.2) is 36.5 Å². The molecule has 0 atom stereocenters. The Morgan fingerprint density at radius 1 is 1.24 bits per heavy atom. The molecular formula is C15H12N2O4. The lowest BCUT2D eigenvalue weighted by molar-refractivity contribution is -0.116. The number of anilines is 1. The van der Waals surface area contributed by atoms with Crippen molar-refractivity contribution in [1.29, 1.82) is 0 Å². The number of fused-ring (bicyclic) bond motifs is 1. The summed E-state index contributed by atoms with van der Waals surface area (Å²) in [5.41, 5.74) is 1.89. The molecule has 2 aromatic rings. The van der Waals surface area contributed by atoms with Crippen LogP contribution in [0.4, 0.5) is 5.69 Å². The summed E-state index contributed by atoms with van der Waals surface area (Å²) >= 11 is 0. The number of hydrogen-bond acceptors (Lipinski definition) is 4. The first-order chi connectivity index (χ1) is 10.1. The predicted octanol–water partition coefficient (Wildman–Crippen LogP) is 2.46. The third-order valence-electron chi connectivity index (χ3n) is 3.18. The van der Waals surface area contributed by atoms with Crippen molar-refractivity contribution >= 4 is 17.6 Å². The number of carboxylic acids is 1. The number of hydrogen-bond donors (Lipinski definition) is 2. The molecule has 1 aliphatic heterocycles. The van der Waals surface area contributed by atoms with Crippen LogP contribution < -0.4 is 10.1 Å². The van der Waals surface area contributed by atoms with Crippen molar-refractivity contribution in [3.05, 3.63) is 47.7 Å². The van der Waals surface area contributed by atoms with Gasteiger partial charge >= 0.3 is 5.97 Å². The molecule has 0 aliphatic carbocycles. The molecule has 6 heteroatoms. The van der Waals surface area contributed by atoms with Crippen LogP contribution >= 0.6 is 0 Å². The summed E-state index contributed by atoms with van der Waals surface area (Å²) in [5.74, 6) is -0.253. The molecule has 3 rings (SSSR count). The molecule has 0 fully saturated rings. The van der Waals surface area contributed by atoms with E-state index in [2.05, 4.69) is 10.3 Å². The maximum absolute atomic E-state index is 11.3. The van der Waals surface area contributed by atoms with E-state index in [0.29, 0.717) is 18.6 Å². The summed E-state index contributed by atoms with van der Waals surface area (Å²) in [6.45, 7) is 0. The average Bonchev–Trinajstić information content (AvgIpc) is 2.48. The number of carbonyl (C=O) groups is 2. The quantitative estimate of drug-likeness (QED) is 0.903. The van der Waals surface area contributed by atoms with E-state index in [1.54, 1.807) is 12.1 Å². The van der Waals surface area contributed by atoms with E-state index in [9.17, 15) is 9.59 Å². The molecule has 1 aromatic carbocycles. The molecule has 2 heterocycles. The van der Waals surface area contributed by atoms with Gasteiger partial charge in [-0.3, -0.25) is 4.79 Å². The minimum absolute atomic E-state index is 0.00648. The van der Waals surface area contributed by atoms with E-state index < -0.39 is 5.97 Å². The number of nitrogens with one attached hydrogen (secondary N) is 1. The third-order valence-corrected chi connectivity index (χ3v) is 3.18. The summed E-state index contributed by atoms with van der Waals surface area (Å²) in [6, 6.07) is 8.06. The normalized spacial score (nSPS) is 13.2. The highest BCUT2D eigenvalue weighted by atomic mass is 16.5. The Morgan fingerprint density at radius 3 is 2.90 bits per heavy atom. The maximum Gasteiger partial charge on any atom is 0.335 e. The van der Waals surface area contributed by atoms with Crippen molar-refractivity contribution in [3.8, 4) is 11.6 Å². The van der Waals surface area contributed by atoms with Crippen LogP contribution in [0.25, 0.3) is 0 Å². The van der Waals surface area contributed by atoms with Gasteiger partial charge in [-0.25, -0.2) is 9.78 Å². The fourth-order valence-corrected chi connectivity index (χ4v) is 2.14. The fraction of sp³-hybridized carbons (Fsp3) is 0.133. The first-order valence-electron chi connectivity index (χ1n) is 6.42. The van der Waals surface area contributed by atoms with E-state index >= 15 is 0 Å². The summed E-state index contributed by atoms with van der Waals surface area (Å²) in [4.78, 5) is 26.2. The molecule has 0 spiro atoms. The molecule has 1 aliphatic rings. The first kappa shape index (κ1) is 13.1. The van der Waals surface area contributed by atoms with Gasteiger partial charge in [0.05, 0.1) is 5.56 Å². The monoisotopic (exact) mass is 284 g/mol. The number of aromatic nitrogens is 1. The Bertz CT molecular complexity index is 727. The average molecular weight is 284 g/mol. The number of benzene rings is 1. The van der Waals surface area contributed by atoms with Crippen LogP contribution in [0.5, 0.6) is 11.6 Å². The molecule has 0 unspecified atom stereocenters. The summed E-state index contributed by atoms with van der Waals surface area (Å²) in [5, 5.41) is 11.7. The second kappa shape index (κ2) is 5.24. The van der Waals surface area contributed by atoms with Gasteiger partial charge in [0.1, 0.15) is 5.75 Å². The number of carbonyl (C=O) groups excluding carboxylic acids is 1. The fourth-order valence-electron chi connectivity index (χ4n) is 2.14. The van der Waals surface area contributed by atoms with Gasteiger partial charge in [-0.1, -0.05) is 0 Å². The van der Waals surface area contributed by atoms with Crippen molar-refractivity contribution in [2.24, 2.45) is 0 Å². The van der Waals surface area contributed by atoms with E-state index in [1.165, 1.54) is 18.3 Å². The first-order valence-corrected chi connectivity index (χ1v) is 6.42. The molecule has 106 valence electrons. The summed E-state index contributed by atoms with van der Waals surface area (Å²) in [6.07, 6.45) is 2.49. The number of rotatable bonds is 3. The molecule has 6 nitrogen and oxygen atoms in total. The van der Waals surface area contributed by atoms with Crippen molar-refractivity contribution < 1.29 is 19.4 Å². The minimum Gasteiger partial charge on any atom is -0.478 e. The Balaban J connectivity index is 1.84. The van der Waals surface area contributed by atoms with Gasteiger partial charge in [0, 0.05) is 24.4 Å². The highest BCUT2D eigenvalue weighted by Gasteiger charge is 2.15. The van der Waals surface area contributed by atoms with Crippen molar-refractivity contribution in [2.45, 2.75) is 12.8 Å². The van der Waals surface area contributed by atoms with Gasteiger partial charge in [-0.15, -0.1) is 0 Å². The predicted molar refractivity (Wildman–Crippen MR) is 74.7 cm³/mol. The molecular weight excluding hydrogens is 272 g/mol. The van der Waals surface area contributed by atoms with Crippen LogP contribution in [0.3, 0.4) is 0 Å². The molecule has 0 bridgehead atoms. The molecule has 0 saturated heterocycles. The molecule has 1 aromatic heterocycles. The number of pyridine rings is 1. The zero-order chi connectivity index (χ0) is 14.8. The third kappa shape index (κ3) is 2.84. The Labute approximate surface area is 120 Å². The summed E-state index contributed by atoms with van der Waals surface area (Å²) < 4.78 is 5.57. The zero-order valence-corrected chi connectivity index (χ0v) is 11.0. The van der Waals surface area contributed by atoms with Crippen molar-refractivity contribution in [3.63, 3.8) is 0 Å². The smallest absolute Gasteiger partial charge is 0.335 e. The molecule has 0 saturated carbocycles. The number of aryl methyl sites for hydroxylation is 1. The molecule has 0 radical (unpaired) electrons. The van der Waals surface area contributed by atoms with Gasteiger partial charge < -0.3 is 15.2 Å². The van der Waals surface area contributed by atoms with Crippen LogP contribution in [0.1, 0.15) is 22.3 Å². The maximum atomic E-state index is 11.3. The molecule has 2 N–H and O–H groups in total. The van der Waals surface area contributed by atoms with Gasteiger partial charge in [0.2, 0.25) is 11.8 Å². The van der Waals surface area contributed by atoms with E-state index in [-0.39, 0.29) is 17.4 Å². The topological polar surface area (TPSA) is 88.5 Å². The minimum atomic E-state index is -1.03. The van der Waals surface area contributed by atoms with Gasteiger partial charge in [-0.05, 0) is 36.2 Å². The second-order valence-electron chi connectivity index (χ2n) is 4.66. The van der Waals surface area contributed by atoms with E-state index in [4.69, 9.17) is 9.84 Å². The number of amides is 1. The second-order valence-corrected chi connectivity index (χ2v) is 4.66. The van der Waals surface area contributed by atoms with Gasteiger partial charge in [-0.2, -0.15) is 0 Å². The SMILES string of the molecule is O=C1CCc2cc(Oc3cc(C(=O)O)ccn3)ccc2N1. The highest BCUT2D eigenvalue weighted by molar-refractivity contribution is 5.94. The highest BCUT2D eigenvalue weighted by Crippen LogP contribution is 2.29. The number of nitrogens with zero attached hydrogens (tertiary/aromatic N) is 1. The van der Waals surface area contributed by atoms with Crippen LogP contribution in [0, 0.1) is 0 Å². The van der Waals surface area contributed by atoms with Gasteiger partial charge in [0.25, 0.3) is 0 Å². The van der Waals surface area contributed by atoms with E-state index in [1.807, 2.05) is 6.07 Å². The number of carboxylic acid groups (broad SMARTS) is 1. The zero-order valence-electron chi connectivity index (χ0n) is 11.0. The standard InChI is InChI=1S/C15H12N2O4/c18-13-4-1-9-7-11(2-3-12(9)17-13)21-14-8-10(15(19)20)5-6-16-14/h2-3,5-8H,1,4H2,(H,17,18)(H,19,20). The van der Waals surface area contributed by atoms with E-state index in [0.717, 1.165) is 11.3 Å². The van der Waals surface area contributed by atoms with Crippen LogP contribution in [-0.2, 0) is 11.2 Å². The molecule has 21 heavy (non-hydrogen) atoms. The Hall–Kier alpha value is -2.89. The lowest BCUT2D eigenvalue weighted by Gasteiger charge is -2.17. The lowest BCUT2D eigenvalue weighted by atomic mass is 10.0. The Kier molecular flexibility index (Phi) is 3.27. The Morgan fingerprint density at radius 2 is 2.10 bits per heavy atom. The number of ether oxygens (including phenoxy) is 1. The number of aromatic carboxylic acids is 1. The van der Waals surface area contributed by atoms with Crippen LogP contribution in [-0.4, -0.2) is 22.0 Å². The van der Waals surface area contributed by atoms with Crippen LogP contribution in [0.2, 0.25) is 0 Å². The van der Waals surface area contributed by atoms with Crippen molar-refractivity contribution in [2.75, 3.05) is 5.32 Å². The lowest BCUT2D eigenvalue weighted by Crippen LogP contribution is -2.18.